The molecule has 0 amide bonds. The molecule has 1 aromatic heterocycles. The Hall–Kier alpha value is -1.36. The van der Waals surface area contributed by atoms with Crippen LogP contribution in [0.4, 0.5) is 11.8 Å². The Kier molecular flexibility index (Phi) is 4.06. The van der Waals surface area contributed by atoms with E-state index in [1.165, 1.54) is 0 Å². The molecular weight excluding hydrogens is 202 g/mol. The number of nitrogens with zero attached hydrogens (tertiary/aromatic N) is 3. The highest BCUT2D eigenvalue weighted by Crippen LogP contribution is 2.16. The van der Waals surface area contributed by atoms with Crippen LogP contribution in [0.5, 0.6) is 0 Å². The van der Waals surface area contributed by atoms with Gasteiger partial charge in [0, 0.05) is 25.8 Å². The van der Waals surface area contributed by atoms with Gasteiger partial charge in [-0.25, -0.2) is 4.98 Å². The van der Waals surface area contributed by atoms with Gasteiger partial charge in [0.05, 0.1) is 0 Å². The molecule has 5 nitrogen and oxygen atoms in total. The molecule has 0 fully saturated rings. The van der Waals surface area contributed by atoms with Gasteiger partial charge in [0.2, 0.25) is 5.95 Å². The molecule has 0 spiro atoms. The first kappa shape index (κ1) is 12.7. The summed E-state index contributed by atoms with van der Waals surface area (Å²) in [4.78, 5) is 10.4. The number of hydrogen-bond donors (Lipinski definition) is 2. The van der Waals surface area contributed by atoms with Crippen LogP contribution < -0.4 is 16.0 Å². The topological polar surface area (TPSA) is 67.1 Å². The molecule has 5 heteroatoms. The number of anilines is 2. The Morgan fingerprint density at radius 1 is 1.44 bits per heavy atom. The highest BCUT2D eigenvalue weighted by Gasteiger charge is 2.16. The van der Waals surface area contributed by atoms with Crippen molar-refractivity contribution in [1.29, 1.82) is 0 Å². The number of hydrogen-bond acceptors (Lipinski definition) is 5. The molecule has 0 aliphatic carbocycles. The molecule has 0 aliphatic rings. The van der Waals surface area contributed by atoms with Crippen LogP contribution in [0, 0.1) is 0 Å². The molecule has 0 atom stereocenters. The lowest BCUT2D eigenvalue weighted by Crippen LogP contribution is -2.34. The van der Waals surface area contributed by atoms with Gasteiger partial charge in [0.1, 0.15) is 5.82 Å². The minimum Gasteiger partial charge on any atom is -0.365 e. The summed E-state index contributed by atoms with van der Waals surface area (Å²) < 4.78 is 0. The van der Waals surface area contributed by atoms with E-state index in [2.05, 4.69) is 29.1 Å². The van der Waals surface area contributed by atoms with Crippen molar-refractivity contribution in [2.24, 2.45) is 5.73 Å². The number of nitrogens with two attached hydrogens (primary N) is 1. The lowest BCUT2D eigenvalue weighted by Gasteiger charge is -2.26. The predicted octanol–water partition coefficient (Wildman–Crippen LogP) is 1.08. The molecular formula is C11H21N5. The molecule has 1 heterocycles. The summed E-state index contributed by atoms with van der Waals surface area (Å²) >= 11 is 0. The number of aromatic nitrogens is 2. The van der Waals surface area contributed by atoms with Crippen LogP contribution in [0.25, 0.3) is 0 Å². The maximum atomic E-state index is 5.57. The van der Waals surface area contributed by atoms with Crippen LogP contribution in [0.1, 0.15) is 20.3 Å². The molecule has 0 saturated heterocycles. The molecule has 1 aromatic rings. The van der Waals surface area contributed by atoms with Gasteiger partial charge in [-0.1, -0.05) is 0 Å². The van der Waals surface area contributed by atoms with E-state index in [0.717, 1.165) is 12.2 Å². The monoisotopic (exact) mass is 223 g/mol. The van der Waals surface area contributed by atoms with Gasteiger partial charge < -0.3 is 16.0 Å². The van der Waals surface area contributed by atoms with Gasteiger partial charge in [-0.05, 0) is 32.9 Å². The van der Waals surface area contributed by atoms with Crippen molar-refractivity contribution in [2.45, 2.75) is 25.8 Å². The summed E-state index contributed by atoms with van der Waals surface area (Å²) in [6.07, 6.45) is 2.65. The normalized spacial score (nSPS) is 11.3. The van der Waals surface area contributed by atoms with Crippen LogP contribution in [0.2, 0.25) is 0 Å². The van der Waals surface area contributed by atoms with Gasteiger partial charge >= 0.3 is 0 Å². The van der Waals surface area contributed by atoms with Crippen molar-refractivity contribution in [3.8, 4) is 0 Å². The molecule has 0 radical (unpaired) electrons. The highest BCUT2D eigenvalue weighted by atomic mass is 15.2. The van der Waals surface area contributed by atoms with Crippen LogP contribution >= 0.6 is 0 Å². The van der Waals surface area contributed by atoms with Gasteiger partial charge in [0.25, 0.3) is 0 Å². The quantitative estimate of drug-likeness (QED) is 0.782. The maximum Gasteiger partial charge on any atom is 0.226 e. The maximum absolute atomic E-state index is 5.57. The summed E-state index contributed by atoms with van der Waals surface area (Å²) in [5, 5.41) is 3.36. The van der Waals surface area contributed by atoms with Gasteiger partial charge in [0.15, 0.2) is 0 Å². The lowest BCUT2D eigenvalue weighted by molar-refractivity contribution is 0.524. The van der Waals surface area contributed by atoms with E-state index in [9.17, 15) is 0 Å². The second kappa shape index (κ2) is 5.12. The highest BCUT2D eigenvalue weighted by molar-refractivity contribution is 5.42. The average molecular weight is 223 g/mol. The number of nitrogens with one attached hydrogen (secondary N) is 1. The second-order valence-corrected chi connectivity index (χ2v) is 4.68. The third-order valence-electron chi connectivity index (χ3n) is 2.28. The van der Waals surface area contributed by atoms with E-state index in [1.807, 2.05) is 25.1 Å². The molecule has 0 aliphatic heterocycles. The van der Waals surface area contributed by atoms with E-state index < -0.39 is 0 Å². The molecule has 3 N–H and O–H groups in total. The minimum atomic E-state index is -0.0489. The Morgan fingerprint density at radius 2 is 2.12 bits per heavy atom. The van der Waals surface area contributed by atoms with Gasteiger partial charge in [-0.15, -0.1) is 0 Å². The predicted molar refractivity (Wildman–Crippen MR) is 67.7 cm³/mol. The van der Waals surface area contributed by atoms with Crippen molar-refractivity contribution in [2.75, 3.05) is 30.9 Å². The molecule has 0 saturated carbocycles. The number of rotatable bonds is 5. The summed E-state index contributed by atoms with van der Waals surface area (Å²) in [5.41, 5.74) is 5.52. The largest absolute Gasteiger partial charge is 0.365 e. The van der Waals surface area contributed by atoms with E-state index in [0.29, 0.717) is 12.5 Å². The van der Waals surface area contributed by atoms with Crippen LogP contribution in [-0.2, 0) is 0 Å². The molecule has 0 bridgehead atoms. The Labute approximate surface area is 97.1 Å². The van der Waals surface area contributed by atoms with Gasteiger partial charge in [-0.3, -0.25) is 0 Å². The zero-order valence-corrected chi connectivity index (χ0v) is 10.5. The molecule has 0 aromatic carbocycles. The third kappa shape index (κ3) is 3.66. The van der Waals surface area contributed by atoms with Crippen molar-refractivity contribution in [3.63, 3.8) is 0 Å². The smallest absolute Gasteiger partial charge is 0.226 e. The molecule has 0 unspecified atom stereocenters. The van der Waals surface area contributed by atoms with E-state index in [4.69, 9.17) is 5.73 Å². The van der Waals surface area contributed by atoms with E-state index >= 15 is 0 Å². The summed E-state index contributed by atoms with van der Waals surface area (Å²) in [5.74, 6) is 1.53. The first-order valence-electron chi connectivity index (χ1n) is 5.43. The fourth-order valence-corrected chi connectivity index (χ4v) is 1.40. The Bertz CT molecular complexity index is 335. The SMILES string of the molecule is CN(C)c1nccc(NC(C)(C)CCN)n1. The average Bonchev–Trinajstić information content (AvgIpc) is 2.17. The van der Waals surface area contributed by atoms with Crippen molar-refractivity contribution in [1.82, 2.24) is 9.97 Å². The molecule has 90 valence electrons. The Balaban J connectivity index is 2.77. The zero-order valence-electron chi connectivity index (χ0n) is 10.5. The van der Waals surface area contributed by atoms with Crippen molar-refractivity contribution >= 4 is 11.8 Å². The molecule has 16 heavy (non-hydrogen) atoms. The van der Waals surface area contributed by atoms with E-state index in [-0.39, 0.29) is 5.54 Å². The van der Waals surface area contributed by atoms with Crippen LogP contribution in [0.15, 0.2) is 12.3 Å². The second-order valence-electron chi connectivity index (χ2n) is 4.68. The lowest BCUT2D eigenvalue weighted by atomic mass is 10.0. The summed E-state index contributed by atoms with van der Waals surface area (Å²) in [7, 11) is 3.84. The van der Waals surface area contributed by atoms with E-state index in [1.54, 1.807) is 6.20 Å². The van der Waals surface area contributed by atoms with Crippen molar-refractivity contribution in [3.05, 3.63) is 12.3 Å². The van der Waals surface area contributed by atoms with Crippen molar-refractivity contribution < 1.29 is 0 Å². The third-order valence-corrected chi connectivity index (χ3v) is 2.28. The first-order chi connectivity index (χ1) is 7.44. The fraction of sp³-hybridized carbons (Fsp3) is 0.636. The molecule has 1 rings (SSSR count). The standard InChI is InChI=1S/C11H21N5/c1-11(2,6-7-12)15-9-5-8-13-10(14-9)16(3)4/h5,8H,6-7,12H2,1-4H3,(H,13,14,15). The van der Waals surface area contributed by atoms with Crippen LogP contribution in [-0.4, -0.2) is 36.1 Å². The summed E-state index contributed by atoms with van der Waals surface area (Å²) in [6, 6.07) is 1.87. The Morgan fingerprint density at radius 3 is 2.69 bits per heavy atom. The van der Waals surface area contributed by atoms with Gasteiger partial charge in [-0.2, -0.15) is 4.98 Å². The zero-order chi connectivity index (χ0) is 12.2. The first-order valence-corrected chi connectivity index (χ1v) is 5.43. The summed E-state index contributed by atoms with van der Waals surface area (Å²) in [6.45, 7) is 4.88. The fourth-order valence-electron chi connectivity index (χ4n) is 1.40. The minimum absolute atomic E-state index is 0.0489. The van der Waals surface area contributed by atoms with Crippen LogP contribution in [0.3, 0.4) is 0 Å².